The lowest BCUT2D eigenvalue weighted by Gasteiger charge is -2.06. The highest BCUT2D eigenvalue weighted by Crippen LogP contribution is 2.37. The third kappa shape index (κ3) is 1.71. The Morgan fingerprint density at radius 2 is 2.25 bits per heavy atom. The normalized spacial score (nSPS) is 17.9. The van der Waals surface area contributed by atoms with E-state index >= 15 is 0 Å². The van der Waals surface area contributed by atoms with E-state index in [0.29, 0.717) is 11.3 Å². The molecule has 0 spiro atoms. The summed E-state index contributed by atoms with van der Waals surface area (Å²) in [4.78, 5) is 0. The van der Waals surface area contributed by atoms with Crippen molar-refractivity contribution in [1.82, 2.24) is 0 Å². The molecule has 3 heteroatoms. The van der Waals surface area contributed by atoms with Crippen LogP contribution in [-0.4, -0.2) is 0 Å². The van der Waals surface area contributed by atoms with E-state index in [9.17, 15) is 4.39 Å². The van der Waals surface area contributed by atoms with Gasteiger partial charge in [-0.1, -0.05) is 25.0 Å². The summed E-state index contributed by atoms with van der Waals surface area (Å²) in [6.45, 7) is 0. The van der Waals surface area contributed by atoms with E-state index in [-0.39, 0.29) is 11.9 Å². The second kappa shape index (κ2) is 3.59. The van der Waals surface area contributed by atoms with Crippen molar-refractivity contribution < 1.29 is 8.81 Å². The molecule has 0 radical (unpaired) electrons. The Morgan fingerprint density at radius 3 is 2.94 bits per heavy atom. The molecule has 84 valence electrons. The first-order chi connectivity index (χ1) is 7.74. The summed E-state index contributed by atoms with van der Waals surface area (Å²) >= 11 is 0. The van der Waals surface area contributed by atoms with Crippen LogP contribution in [0.3, 0.4) is 0 Å². The number of furan rings is 1. The number of fused-ring (bicyclic) bond motifs is 1. The molecule has 0 saturated heterocycles. The molecule has 1 aromatic carbocycles. The van der Waals surface area contributed by atoms with Gasteiger partial charge in [-0.25, -0.2) is 4.39 Å². The van der Waals surface area contributed by atoms with Crippen molar-refractivity contribution in [3.05, 3.63) is 35.8 Å². The minimum absolute atomic E-state index is 0.0979. The van der Waals surface area contributed by atoms with Crippen molar-refractivity contribution in [2.75, 3.05) is 0 Å². The number of nitrogens with two attached hydrogens (primary N) is 1. The third-order valence-electron chi connectivity index (χ3n) is 3.16. The highest BCUT2D eigenvalue weighted by molar-refractivity contribution is 5.78. The number of hydrogen-bond acceptors (Lipinski definition) is 2. The smallest absolute Gasteiger partial charge is 0.169 e. The molecule has 1 fully saturated rings. The Kier molecular flexibility index (Phi) is 2.21. The van der Waals surface area contributed by atoms with Gasteiger partial charge < -0.3 is 10.2 Å². The van der Waals surface area contributed by atoms with Crippen molar-refractivity contribution in [3.63, 3.8) is 0 Å². The molecule has 0 unspecified atom stereocenters. The van der Waals surface area contributed by atoms with Gasteiger partial charge in [0, 0.05) is 5.39 Å². The Hall–Kier alpha value is -1.35. The second-order valence-electron chi connectivity index (χ2n) is 4.59. The molecule has 2 aromatic rings. The number of rotatable bonds is 3. The Balaban J connectivity index is 1.94. The van der Waals surface area contributed by atoms with E-state index in [2.05, 4.69) is 0 Å². The lowest BCUT2D eigenvalue weighted by molar-refractivity contribution is 0.453. The van der Waals surface area contributed by atoms with Gasteiger partial charge in [0.1, 0.15) is 5.76 Å². The number of para-hydroxylation sites is 1. The van der Waals surface area contributed by atoms with Gasteiger partial charge in [-0.05, 0) is 24.5 Å². The lowest BCUT2D eigenvalue weighted by atomic mass is 10.1. The molecule has 2 nitrogen and oxygen atoms in total. The van der Waals surface area contributed by atoms with E-state index in [1.165, 1.54) is 18.9 Å². The van der Waals surface area contributed by atoms with Crippen molar-refractivity contribution in [1.29, 1.82) is 0 Å². The van der Waals surface area contributed by atoms with E-state index in [1.54, 1.807) is 6.07 Å². The van der Waals surface area contributed by atoms with Crippen molar-refractivity contribution in [2.24, 2.45) is 11.7 Å². The minimum Gasteiger partial charge on any atom is -0.456 e. The highest BCUT2D eigenvalue weighted by Gasteiger charge is 2.26. The molecule has 0 aliphatic heterocycles. The molecule has 2 N–H and O–H groups in total. The van der Waals surface area contributed by atoms with Gasteiger partial charge in [0.2, 0.25) is 0 Å². The molecule has 0 amide bonds. The van der Waals surface area contributed by atoms with Crippen LogP contribution >= 0.6 is 0 Å². The van der Waals surface area contributed by atoms with Gasteiger partial charge >= 0.3 is 0 Å². The molecule has 1 heterocycles. The van der Waals surface area contributed by atoms with Crippen LogP contribution in [0.25, 0.3) is 11.0 Å². The molecule has 1 aliphatic rings. The molecule has 3 rings (SSSR count). The van der Waals surface area contributed by atoms with Crippen molar-refractivity contribution in [3.8, 4) is 0 Å². The first kappa shape index (κ1) is 9.85. The first-order valence-electron chi connectivity index (χ1n) is 5.67. The van der Waals surface area contributed by atoms with Crippen LogP contribution < -0.4 is 5.73 Å². The van der Waals surface area contributed by atoms with E-state index in [4.69, 9.17) is 10.2 Å². The molecular weight excluding hydrogens is 205 g/mol. The average molecular weight is 219 g/mol. The summed E-state index contributed by atoms with van der Waals surface area (Å²) in [6, 6.07) is 6.69. The second-order valence-corrected chi connectivity index (χ2v) is 4.59. The van der Waals surface area contributed by atoms with Crippen LogP contribution in [0.2, 0.25) is 0 Å². The molecule has 0 bridgehead atoms. The summed E-state index contributed by atoms with van der Waals surface area (Å²) < 4.78 is 18.9. The van der Waals surface area contributed by atoms with Crippen molar-refractivity contribution in [2.45, 2.75) is 25.3 Å². The summed E-state index contributed by atoms with van der Waals surface area (Å²) in [5.41, 5.74) is 6.36. The van der Waals surface area contributed by atoms with Gasteiger partial charge in [0.15, 0.2) is 11.4 Å². The fourth-order valence-electron chi connectivity index (χ4n) is 2.06. The molecule has 1 saturated carbocycles. The largest absolute Gasteiger partial charge is 0.456 e. The van der Waals surface area contributed by atoms with Gasteiger partial charge in [0.25, 0.3) is 0 Å². The summed E-state index contributed by atoms with van der Waals surface area (Å²) in [7, 11) is 0. The first-order valence-corrected chi connectivity index (χ1v) is 5.67. The number of halogens is 1. The fraction of sp³-hybridized carbons (Fsp3) is 0.385. The molecule has 16 heavy (non-hydrogen) atoms. The van der Waals surface area contributed by atoms with E-state index < -0.39 is 0 Å². The van der Waals surface area contributed by atoms with Crippen LogP contribution in [0.15, 0.2) is 28.7 Å². The van der Waals surface area contributed by atoms with Crippen LogP contribution in [0, 0.1) is 11.7 Å². The van der Waals surface area contributed by atoms with Crippen LogP contribution in [0.1, 0.15) is 31.1 Å². The Bertz CT molecular complexity index is 516. The molecular formula is C13H14FNO. The topological polar surface area (TPSA) is 39.2 Å². The zero-order valence-corrected chi connectivity index (χ0v) is 8.95. The number of benzene rings is 1. The van der Waals surface area contributed by atoms with Crippen LogP contribution in [0.4, 0.5) is 4.39 Å². The monoisotopic (exact) mass is 219 g/mol. The SMILES string of the molecule is N[C@H](CC1CC1)c1cc2cccc(F)c2o1. The maximum absolute atomic E-state index is 13.4. The zero-order chi connectivity index (χ0) is 11.1. The van der Waals surface area contributed by atoms with Gasteiger partial charge in [-0.2, -0.15) is 0 Å². The average Bonchev–Trinajstić information content (AvgIpc) is 2.95. The van der Waals surface area contributed by atoms with Crippen LogP contribution in [-0.2, 0) is 0 Å². The Morgan fingerprint density at radius 1 is 1.44 bits per heavy atom. The van der Waals surface area contributed by atoms with E-state index in [1.807, 2.05) is 12.1 Å². The molecule has 1 aliphatic carbocycles. The van der Waals surface area contributed by atoms with Crippen LogP contribution in [0.5, 0.6) is 0 Å². The van der Waals surface area contributed by atoms with Gasteiger partial charge in [-0.15, -0.1) is 0 Å². The quantitative estimate of drug-likeness (QED) is 0.859. The predicted octanol–water partition coefficient (Wildman–Crippen LogP) is 3.37. The molecule has 1 aromatic heterocycles. The van der Waals surface area contributed by atoms with E-state index in [0.717, 1.165) is 17.7 Å². The van der Waals surface area contributed by atoms with Gasteiger partial charge in [-0.3, -0.25) is 0 Å². The lowest BCUT2D eigenvalue weighted by Crippen LogP contribution is -2.09. The number of hydrogen-bond donors (Lipinski definition) is 1. The maximum atomic E-state index is 13.4. The zero-order valence-electron chi connectivity index (χ0n) is 8.95. The minimum atomic E-state index is -0.317. The summed E-state index contributed by atoms with van der Waals surface area (Å²) in [5.74, 6) is 1.13. The third-order valence-corrected chi connectivity index (χ3v) is 3.16. The maximum Gasteiger partial charge on any atom is 0.169 e. The Labute approximate surface area is 93.2 Å². The van der Waals surface area contributed by atoms with Crippen molar-refractivity contribution >= 4 is 11.0 Å². The highest BCUT2D eigenvalue weighted by atomic mass is 19.1. The molecule has 1 atom stereocenters. The predicted molar refractivity (Wildman–Crippen MR) is 60.4 cm³/mol. The summed E-state index contributed by atoms with van der Waals surface area (Å²) in [6.07, 6.45) is 3.48. The van der Waals surface area contributed by atoms with Gasteiger partial charge in [0.05, 0.1) is 6.04 Å². The fourth-order valence-corrected chi connectivity index (χ4v) is 2.06. The standard InChI is InChI=1S/C13H14FNO/c14-10-3-1-2-9-7-12(16-13(9)10)11(15)6-8-4-5-8/h1-3,7-8,11H,4-6,15H2/t11-/m1/s1. The summed E-state index contributed by atoms with van der Waals surface area (Å²) in [5, 5.41) is 0.793.